The van der Waals surface area contributed by atoms with Gasteiger partial charge < -0.3 is 14.7 Å². The molecule has 3 saturated heterocycles. The Labute approximate surface area is 199 Å². The second kappa shape index (κ2) is 8.99. The van der Waals surface area contributed by atoms with Crippen LogP contribution in [-0.2, 0) is 11.3 Å². The molecule has 1 aromatic carbocycles. The summed E-state index contributed by atoms with van der Waals surface area (Å²) in [6.45, 7) is 8.06. The Balaban J connectivity index is 1.18. The first-order chi connectivity index (χ1) is 15.9. The van der Waals surface area contributed by atoms with E-state index in [0.29, 0.717) is 17.5 Å². The van der Waals surface area contributed by atoms with E-state index in [1.165, 1.54) is 40.6 Å². The van der Waals surface area contributed by atoms with Crippen LogP contribution in [0.3, 0.4) is 0 Å². The van der Waals surface area contributed by atoms with Gasteiger partial charge in [0.25, 0.3) is 0 Å². The van der Waals surface area contributed by atoms with E-state index in [-0.39, 0.29) is 11.9 Å². The summed E-state index contributed by atoms with van der Waals surface area (Å²) in [5, 5.41) is 4.99. The van der Waals surface area contributed by atoms with Gasteiger partial charge in [-0.05, 0) is 48.4 Å². The van der Waals surface area contributed by atoms with E-state index >= 15 is 0 Å². The first kappa shape index (κ1) is 22.2. The van der Waals surface area contributed by atoms with Crippen LogP contribution in [0.5, 0.6) is 0 Å². The van der Waals surface area contributed by atoms with Crippen molar-refractivity contribution in [3.8, 4) is 0 Å². The van der Waals surface area contributed by atoms with Crippen LogP contribution in [0.25, 0.3) is 0 Å². The Morgan fingerprint density at radius 1 is 1.09 bits per heavy atom. The molecule has 4 heterocycles. The summed E-state index contributed by atoms with van der Waals surface area (Å²) >= 11 is 6.44. The van der Waals surface area contributed by atoms with Gasteiger partial charge in [0.15, 0.2) is 0 Å². The van der Waals surface area contributed by atoms with Gasteiger partial charge in [-0.15, -0.1) is 0 Å². The van der Waals surface area contributed by atoms with E-state index < -0.39 is 0 Å². The standard InChI is InChI=1S/C24H31ClN6O2/c1-17(32)27(2)23-10-26-31(16-23)24(33)30-14-19-12-28(13-20(19)15-30)11-18-7-21(25)9-22(8-18)29-5-3-4-6-29/h7-10,16,19-20H,3-6,11-15H2,1-2H3. The van der Waals surface area contributed by atoms with Gasteiger partial charge in [0, 0.05) is 70.5 Å². The number of likely N-dealkylation sites (tertiary alicyclic amines) is 2. The fourth-order valence-electron chi connectivity index (χ4n) is 5.43. The van der Waals surface area contributed by atoms with Crippen LogP contribution in [0.4, 0.5) is 16.2 Å². The zero-order valence-corrected chi connectivity index (χ0v) is 20.0. The number of nitrogens with zero attached hydrogens (tertiary/aromatic N) is 6. The molecule has 2 aromatic rings. The smallest absolute Gasteiger partial charge is 0.344 e. The lowest BCUT2D eigenvalue weighted by Crippen LogP contribution is -2.36. The molecule has 2 amide bonds. The summed E-state index contributed by atoms with van der Waals surface area (Å²) in [5.74, 6) is 0.854. The maximum absolute atomic E-state index is 12.9. The molecular weight excluding hydrogens is 440 g/mol. The number of halogens is 1. The first-order valence-electron chi connectivity index (χ1n) is 11.7. The number of fused-ring (bicyclic) bond motifs is 1. The van der Waals surface area contributed by atoms with Gasteiger partial charge in [-0.3, -0.25) is 9.69 Å². The Hall–Kier alpha value is -2.58. The van der Waals surface area contributed by atoms with E-state index in [0.717, 1.165) is 50.8 Å². The normalized spacial score (nSPS) is 22.8. The van der Waals surface area contributed by atoms with Crippen molar-refractivity contribution in [2.45, 2.75) is 26.3 Å². The zero-order chi connectivity index (χ0) is 23.1. The summed E-state index contributed by atoms with van der Waals surface area (Å²) in [6.07, 6.45) is 5.68. The van der Waals surface area contributed by atoms with Crippen LogP contribution in [0.15, 0.2) is 30.6 Å². The minimum atomic E-state index is -0.121. The first-order valence-corrected chi connectivity index (χ1v) is 12.1. The number of rotatable bonds is 4. The lowest BCUT2D eigenvalue weighted by atomic mass is 10.0. The predicted octanol–water partition coefficient (Wildman–Crippen LogP) is 3.15. The average Bonchev–Trinajstić information content (AvgIpc) is 3.56. The highest BCUT2D eigenvalue weighted by Crippen LogP contribution is 2.33. The summed E-state index contributed by atoms with van der Waals surface area (Å²) in [6, 6.07) is 6.32. The van der Waals surface area contributed by atoms with Crippen molar-refractivity contribution in [2.75, 3.05) is 56.1 Å². The molecule has 3 aliphatic rings. The SMILES string of the molecule is CC(=O)N(C)c1cnn(C(=O)N2CC3CN(Cc4cc(Cl)cc(N5CCCC5)c4)CC3C2)c1. The van der Waals surface area contributed by atoms with Crippen molar-refractivity contribution >= 4 is 34.9 Å². The van der Waals surface area contributed by atoms with Crippen LogP contribution >= 0.6 is 11.6 Å². The molecule has 176 valence electrons. The number of carbonyl (C=O) groups excluding carboxylic acids is 2. The molecule has 0 N–H and O–H groups in total. The van der Waals surface area contributed by atoms with Crippen molar-refractivity contribution in [3.05, 3.63) is 41.2 Å². The van der Waals surface area contributed by atoms with Crippen molar-refractivity contribution in [1.29, 1.82) is 0 Å². The van der Waals surface area contributed by atoms with Gasteiger partial charge in [0.2, 0.25) is 5.91 Å². The number of anilines is 2. The fraction of sp³-hybridized carbons (Fsp3) is 0.542. The molecular formula is C24H31ClN6O2. The van der Waals surface area contributed by atoms with Crippen LogP contribution in [0.1, 0.15) is 25.3 Å². The Morgan fingerprint density at radius 3 is 2.45 bits per heavy atom. The second-order valence-electron chi connectivity index (χ2n) is 9.63. The number of amides is 2. The van der Waals surface area contributed by atoms with Gasteiger partial charge in [-0.2, -0.15) is 9.78 Å². The molecule has 0 saturated carbocycles. The number of carbonyl (C=O) groups is 2. The van der Waals surface area contributed by atoms with Gasteiger partial charge >= 0.3 is 6.03 Å². The molecule has 3 fully saturated rings. The topological polar surface area (TPSA) is 64.9 Å². The van der Waals surface area contributed by atoms with Gasteiger partial charge in [0.05, 0.1) is 18.1 Å². The third-order valence-corrected chi connectivity index (χ3v) is 7.49. The molecule has 9 heteroatoms. The minimum absolute atomic E-state index is 0.0925. The summed E-state index contributed by atoms with van der Waals surface area (Å²) in [5.41, 5.74) is 3.12. The third kappa shape index (κ3) is 4.59. The van der Waals surface area contributed by atoms with Crippen molar-refractivity contribution in [1.82, 2.24) is 19.6 Å². The largest absolute Gasteiger partial charge is 0.371 e. The molecule has 0 spiro atoms. The quantitative estimate of drug-likeness (QED) is 0.686. The molecule has 0 bridgehead atoms. The lowest BCUT2D eigenvalue weighted by Gasteiger charge is -2.23. The third-order valence-electron chi connectivity index (χ3n) is 7.28. The highest BCUT2D eigenvalue weighted by Gasteiger charge is 2.42. The van der Waals surface area contributed by atoms with E-state index in [1.54, 1.807) is 19.4 Å². The highest BCUT2D eigenvalue weighted by atomic mass is 35.5. The lowest BCUT2D eigenvalue weighted by molar-refractivity contribution is -0.116. The number of aromatic nitrogens is 2. The van der Waals surface area contributed by atoms with Gasteiger partial charge in [-0.1, -0.05) is 11.6 Å². The molecule has 2 atom stereocenters. The van der Waals surface area contributed by atoms with Crippen molar-refractivity contribution in [2.24, 2.45) is 11.8 Å². The second-order valence-corrected chi connectivity index (χ2v) is 10.1. The maximum atomic E-state index is 12.9. The molecule has 3 aliphatic heterocycles. The van der Waals surface area contributed by atoms with Crippen LogP contribution < -0.4 is 9.80 Å². The average molecular weight is 471 g/mol. The Morgan fingerprint density at radius 2 is 1.79 bits per heavy atom. The van der Waals surface area contributed by atoms with E-state index in [1.807, 2.05) is 4.90 Å². The minimum Gasteiger partial charge on any atom is -0.371 e. The number of hydrogen-bond acceptors (Lipinski definition) is 5. The van der Waals surface area contributed by atoms with Crippen molar-refractivity contribution < 1.29 is 9.59 Å². The molecule has 0 aliphatic carbocycles. The fourth-order valence-corrected chi connectivity index (χ4v) is 5.69. The van der Waals surface area contributed by atoms with E-state index in [9.17, 15) is 9.59 Å². The Bertz CT molecular complexity index is 1040. The van der Waals surface area contributed by atoms with Crippen LogP contribution in [0, 0.1) is 11.8 Å². The molecule has 5 rings (SSSR count). The predicted molar refractivity (Wildman–Crippen MR) is 129 cm³/mol. The monoisotopic (exact) mass is 470 g/mol. The maximum Gasteiger partial charge on any atom is 0.344 e. The molecule has 2 unspecified atom stereocenters. The number of hydrogen-bond donors (Lipinski definition) is 0. The summed E-state index contributed by atoms with van der Waals surface area (Å²) in [7, 11) is 1.68. The molecule has 33 heavy (non-hydrogen) atoms. The molecule has 0 radical (unpaired) electrons. The zero-order valence-electron chi connectivity index (χ0n) is 19.3. The summed E-state index contributed by atoms with van der Waals surface area (Å²) in [4.78, 5) is 32.8. The Kier molecular flexibility index (Phi) is 6.05. The summed E-state index contributed by atoms with van der Waals surface area (Å²) < 4.78 is 1.35. The van der Waals surface area contributed by atoms with Crippen LogP contribution in [0.2, 0.25) is 5.02 Å². The molecule has 1 aromatic heterocycles. The van der Waals surface area contributed by atoms with Gasteiger partial charge in [0.1, 0.15) is 0 Å². The van der Waals surface area contributed by atoms with Gasteiger partial charge in [-0.25, -0.2) is 4.79 Å². The van der Waals surface area contributed by atoms with Crippen molar-refractivity contribution in [3.63, 3.8) is 0 Å². The highest BCUT2D eigenvalue weighted by molar-refractivity contribution is 6.30. The van der Waals surface area contributed by atoms with Crippen LogP contribution in [-0.4, -0.2) is 77.8 Å². The van der Waals surface area contributed by atoms with E-state index in [2.05, 4.69) is 33.1 Å². The number of benzene rings is 1. The van der Waals surface area contributed by atoms with E-state index in [4.69, 9.17) is 11.6 Å². The molecule has 8 nitrogen and oxygen atoms in total.